The third-order valence-electron chi connectivity index (χ3n) is 4.88. The normalized spacial score (nSPS) is 26.7. The fourth-order valence-corrected chi connectivity index (χ4v) is 3.80. The topological polar surface area (TPSA) is 41.9 Å². The monoisotopic (exact) mass is 307 g/mol. The van der Waals surface area contributed by atoms with Gasteiger partial charge in [0.05, 0.1) is 18.9 Å². The number of carbonyl (C=O) groups is 1. The first-order chi connectivity index (χ1) is 11.2. The molecule has 1 amide bonds. The summed E-state index contributed by atoms with van der Waals surface area (Å²) in [5.41, 5.74) is 3.43. The van der Waals surface area contributed by atoms with Gasteiger partial charge in [0.25, 0.3) is 0 Å². The minimum atomic E-state index is -0.0115. The maximum atomic E-state index is 12.1. The Kier molecular flexibility index (Phi) is 3.63. The number of methoxy groups -OCH3 is 1. The third-order valence-corrected chi connectivity index (χ3v) is 4.88. The van der Waals surface area contributed by atoms with E-state index in [1.54, 1.807) is 19.0 Å². The summed E-state index contributed by atoms with van der Waals surface area (Å²) in [6, 6.07) is 6.16. The van der Waals surface area contributed by atoms with Gasteiger partial charge in [-0.3, -0.25) is 4.79 Å². The summed E-state index contributed by atoms with van der Waals surface area (Å²) in [5.74, 6) is 2.23. The summed E-state index contributed by atoms with van der Waals surface area (Å²) in [5, 5.41) is 6.37. The number of hydrogen-bond donors (Lipinski definition) is 0. The van der Waals surface area contributed by atoms with E-state index in [0.29, 0.717) is 0 Å². The highest BCUT2D eigenvalue weighted by Crippen LogP contribution is 2.43. The first-order valence-corrected chi connectivity index (χ1v) is 7.96. The van der Waals surface area contributed by atoms with Crippen molar-refractivity contribution in [3.05, 3.63) is 60.9 Å². The average Bonchev–Trinajstić information content (AvgIpc) is 3.20. The van der Waals surface area contributed by atoms with Crippen LogP contribution < -0.4 is 4.74 Å². The van der Waals surface area contributed by atoms with Crippen LogP contribution in [-0.2, 0) is 11.2 Å². The van der Waals surface area contributed by atoms with E-state index in [9.17, 15) is 4.79 Å². The van der Waals surface area contributed by atoms with Gasteiger partial charge in [-0.1, -0.05) is 6.07 Å². The number of carbonyl (C=O) groups excluding carboxylic acids is 1. The number of rotatable bonds is 2. The number of amides is 1. The number of hydrazone groups is 1. The van der Waals surface area contributed by atoms with Crippen molar-refractivity contribution in [2.75, 3.05) is 7.11 Å². The Balaban J connectivity index is 1.75. The first-order valence-electron chi connectivity index (χ1n) is 7.96. The van der Waals surface area contributed by atoms with Crippen LogP contribution in [0.2, 0.25) is 0 Å². The largest absolute Gasteiger partial charge is 0.497 e. The molecule has 1 aliphatic heterocycles. The number of ether oxygens (including phenoxy) is 1. The van der Waals surface area contributed by atoms with E-state index in [1.165, 1.54) is 5.56 Å². The van der Waals surface area contributed by atoms with Gasteiger partial charge in [-0.15, -0.1) is 0 Å². The fourth-order valence-electron chi connectivity index (χ4n) is 3.80. The second-order valence-corrected chi connectivity index (χ2v) is 6.18. The zero-order chi connectivity index (χ0) is 16.0. The molecule has 23 heavy (non-hydrogen) atoms. The molecule has 1 aromatic carbocycles. The van der Waals surface area contributed by atoms with E-state index >= 15 is 0 Å². The van der Waals surface area contributed by atoms with Gasteiger partial charge in [0.15, 0.2) is 0 Å². The summed E-state index contributed by atoms with van der Waals surface area (Å²) in [6.45, 7) is 1.59. The van der Waals surface area contributed by atoms with Gasteiger partial charge in [0.1, 0.15) is 5.75 Å². The van der Waals surface area contributed by atoms with Gasteiger partial charge >= 0.3 is 0 Å². The van der Waals surface area contributed by atoms with Gasteiger partial charge in [-0.05, 0) is 56.2 Å². The summed E-state index contributed by atoms with van der Waals surface area (Å²) in [4.78, 5) is 12.1. The molecular formula is C19H19N2O2. The van der Waals surface area contributed by atoms with Gasteiger partial charge in [0, 0.05) is 24.3 Å². The van der Waals surface area contributed by atoms with E-state index in [0.717, 1.165) is 35.8 Å². The van der Waals surface area contributed by atoms with Crippen LogP contribution >= 0.6 is 0 Å². The molecule has 0 N–H and O–H groups in total. The molecule has 4 nitrogen and oxygen atoms in total. The van der Waals surface area contributed by atoms with Crippen molar-refractivity contribution in [1.82, 2.24) is 5.01 Å². The maximum Gasteiger partial charge on any atom is 0.239 e. The van der Waals surface area contributed by atoms with Crippen molar-refractivity contribution < 1.29 is 9.53 Å². The molecular weight excluding hydrogens is 288 g/mol. The smallest absolute Gasteiger partial charge is 0.239 e. The molecule has 3 aliphatic rings. The minimum absolute atomic E-state index is 0.0110. The molecule has 1 fully saturated rings. The van der Waals surface area contributed by atoms with Gasteiger partial charge < -0.3 is 4.74 Å². The maximum absolute atomic E-state index is 12.1. The van der Waals surface area contributed by atoms with Gasteiger partial charge in [-0.2, -0.15) is 5.10 Å². The van der Waals surface area contributed by atoms with Crippen LogP contribution in [0.1, 0.15) is 24.5 Å². The van der Waals surface area contributed by atoms with Crippen molar-refractivity contribution in [2.45, 2.75) is 25.8 Å². The Bertz CT molecular complexity index is 661. The predicted molar refractivity (Wildman–Crippen MR) is 88.1 cm³/mol. The van der Waals surface area contributed by atoms with Gasteiger partial charge in [-0.25, -0.2) is 5.01 Å². The van der Waals surface area contributed by atoms with E-state index in [2.05, 4.69) is 18.9 Å². The van der Waals surface area contributed by atoms with Crippen molar-refractivity contribution >= 4 is 11.6 Å². The molecule has 4 rings (SSSR count). The molecule has 0 aromatic heterocycles. The Morgan fingerprint density at radius 2 is 2.09 bits per heavy atom. The number of fused-ring (bicyclic) bond motifs is 3. The second kappa shape index (κ2) is 5.66. The molecule has 5 radical (unpaired) electrons. The lowest BCUT2D eigenvalue weighted by atomic mass is 9.75. The van der Waals surface area contributed by atoms with Crippen molar-refractivity contribution in [1.29, 1.82) is 0 Å². The SMILES string of the molecule is COc1ccc2c(c1)C1=NN(C(C)=O)[C@H]([C]3[CH][CH][CH][CH]3)[C@@H]1CC2. The zero-order valence-electron chi connectivity index (χ0n) is 13.3. The lowest BCUT2D eigenvalue weighted by Gasteiger charge is -2.32. The molecule has 2 aliphatic carbocycles. The second-order valence-electron chi connectivity index (χ2n) is 6.18. The van der Waals surface area contributed by atoms with Crippen LogP contribution in [-0.4, -0.2) is 29.8 Å². The molecule has 4 heteroatoms. The molecule has 0 unspecified atom stereocenters. The molecule has 1 heterocycles. The van der Waals surface area contributed by atoms with E-state index < -0.39 is 0 Å². The highest BCUT2D eigenvalue weighted by atomic mass is 16.5. The molecule has 1 aromatic rings. The Morgan fingerprint density at radius 1 is 1.30 bits per heavy atom. The number of nitrogens with zero attached hydrogens (tertiary/aromatic N) is 2. The lowest BCUT2D eigenvalue weighted by Crippen LogP contribution is -2.41. The zero-order valence-corrected chi connectivity index (χ0v) is 13.3. The highest BCUT2D eigenvalue weighted by molar-refractivity contribution is 6.07. The Morgan fingerprint density at radius 3 is 2.78 bits per heavy atom. The molecule has 2 atom stereocenters. The molecule has 117 valence electrons. The highest BCUT2D eigenvalue weighted by Gasteiger charge is 2.46. The van der Waals surface area contributed by atoms with E-state index in [4.69, 9.17) is 9.84 Å². The minimum Gasteiger partial charge on any atom is -0.497 e. The van der Waals surface area contributed by atoms with Crippen molar-refractivity contribution in [3.8, 4) is 5.75 Å². The van der Waals surface area contributed by atoms with Crippen LogP contribution in [0.4, 0.5) is 0 Å². The molecule has 0 spiro atoms. The number of benzene rings is 1. The van der Waals surface area contributed by atoms with Crippen molar-refractivity contribution in [3.63, 3.8) is 0 Å². The summed E-state index contributed by atoms with van der Waals surface area (Å²) >= 11 is 0. The van der Waals surface area contributed by atoms with E-state index in [1.807, 2.05) is 25.0 Å². The van der Waals surface area contributed by atoms with Crippen molar-refractivity contribution in [2.24, 2.45) is 11.0 Å². The van der Waals surface area contributed by atoms with Crippen LogP contribution in [0, 0.1) is 37.5 Å². The molecule has 0 bridgehead atoms. The quantitative estimate of drug-likeness (QED) is 0.843. The fraction of sp³-hybridized carbons (Fsp3) is 0.316. The van der Waals surface area contributed by atoms with Gasteiger partial charge in [0.2, 0.25) is 5.91 Å². The predicted octanol–water partition coefficient (Wildman–Crippen LogP) is 2.60. The molecule has 0 saturated heterocycles. The Labute approximate surface area is 137 Å². The first kappa shape index (κ1) is 14.7. The average molecular weight is 307 g/mol. The Hall–Kier alpha value is -1.84. The van der Waals surface area contributed by atoms with Crippen LogP contribution in [0.3, 0.4) is 0 Å². The standard InChI is InChI=1S/C19H19N2O2/c1-12(22)21-19(14-5-3-4-6-14)16-10-8-13-7-9-15(23-2)11-17(13)18(16)20-21/h3-7,9,11,16,19H,8,10H2,1-2H3/t16-,19-/m1/s1. The summed E-state index contributed by atoms with van der Waals surface area (Å²) in [6.07, 6.45) is 10.2. The number of aryl methyl sites for hydroxylation is 1. The lowest BCUT2D eigenvalue weighted by molar-refractivity contribution is -0.130. The van der Waals surface area contributed by atoms with Crippen LogP contribution in [0.5, 0.6) is 5.75 Å². The summed E-state index contributed by atoms with van der Waals surface area (Å²) < 4.78 is 5.37. The number of hydrogen-bond acceptors (Lipinski definition) is 3. The molecule has 1 saturated carbocycles. The third kappa shape index (κ3) is 2.35. The summed E-state index contributed by atoms with van der Waals surface area (Å²) in [7, 11) is 1.67. The van der Waals surface area contributed by atoms with Crippen LogP contribution in [0.25, 0.3) is 0 Å². The van der Waals surface area contributed by atoms with E-state index in [-0.39, 0.29) is 17.9 Å². The van der Waals surface area contributed by atoms with Crippen LogP contribution in [0.15, 0.2) is 23.3 Å².